The zero-order chi connectivity index (χ0) is 24.5. The van der Waals surface area contributed by atoms with E-state index in [1.165, 1.54) is 11.1 Å². The van der Waals surface area contributed by atoms with Gasteiger partial charge >= 0.3 is 0 Å². The molecule has 0 aliphatic carbocycles. The van der Waals surface area contributed by atoms with Gasteiger partial charge in [0.05, 0.1) is 32.3 Å². The van der Waals surface area contributed by atoms with Gasteiger partial charge in [-0.1, -0.05) is 41.5 Å². The van der Waals surface area contributed by atoms with Crippen molar-refractivity contribution in [3.05, 3.63) is 84.0 Å². The van der Waals surface area contributed by atoms with Crippen LogP contribution in [0.15, 0.2) is 78.3 Å². The molecule has 0 fully saturated rings. The lowest BCUT2D eigenvalue weighted by Gasteiger charge is -2.14. The second-order valence-corrected chi connectivity index (χ2v) is 8.31. The Hall–Kier alpha value is -3.80. The predicted molar refractivity (Wildman–Crippen MR) is 137 cm³/mol. The van der Waals surface area contributed by atoms with Crippen LogP contribution in [0.1, 0.15) is 44.1 Å². The number of benzene rings is 2. The number of hydrogen-bond donors (Lipinski definition) is 1. The van der Waals surface area contributed by atoms with Crippen LogP contribution >= 0.6 is 0 Å². The van der Waals surface area contributed by atoms with Crippen LogP contribution in [0.2, 0.25) is 0 Å². The minimum absolute atomic E-state index is 0.165. The van der Waals surface area contributed by atoms with Gasteiger partial charge in [-0.3, -0.25) is 9.36 Å². The lowest BCUT2D eigenvalue weighted by Crippen LogP contribution is -2.25. The van der Waals surface area contributed by atoms with Crippen LogP contribution in [0.5, 0.6) is 11.5 Å². The molecule has 1 N–H and O–H groups in total. The summed E-state index contributed by atoms with van der Waals surface area (Å²) in [5.74, 6) is 1.30. The number of rotatable bonds is 10. The van der Waals surface area contributed by atoms with Gasteiger partial charge in [0, 0.05) is 12.2 Å². The van der Waals surface area contributed by atoms with Gasteiger partial charge in [-0.15, -0.1) is 0 Å². The molecule has 0 atom stereocenters. The summed E-state index contributed by atoms with van der Waals surface area (Å²) in [6.07, 6.45) is 9.52. The molecule has 6 heteroatoms. The fourth-order valence-electron chi connectivity index (χ4n) is 3.69. The van der Waals surface area contributed by atoms with Crippen LogP contribution in [-0.2, 0) is 0 Å². The molecule has 0 aliphatic rings. The zero-order valence-corrected chi connectivity index (χ0v) is 20.6. The Morgan fingerprint density at radius 2 is 1.68 bits per heavy atom. The monoisotopic (exact) mass is 459 g/mol. The molecule has 3 rings (SSSR count). The summed E-state index contributed by atoms with van der Waals surface area (Å²) in [4.78, 5) is 17.0. The van der Waals surface area contributed by atoms with Gasteiger partial charge in [0.25, 0.3) is 5.91 Å². The van der Waals surface area contributed by atoms with E-state index in [1.807, 2.05) is 42.5 Å². The molecule has 3 aromatic rings. The lowest BCUT2D eigenvalue weighted by molar-refractivity contribution is 0.0951. The van der Waals surface area contributed by atoms with E-state index >= 15 is 0 Å². The summed E-state index contributed by atoms with van der Waals surface area (Å²) in [5, 5.41) is 2.97. The van der Waals surface area contributed by atoms with Crippen LogP contribution in [0.3, 0.4) is 0 Å². The highest BCUT2D eigenvalue weighted by Crippen LogP contribution is 2.38. The highest BCUT2D eigenvalue weighted by Gasteiger charge is 2.15. The normalized spacial score (nSPS) is 11.1. The third-order valence-electron chi connectivity index (χ3n) is 5.54. The number of hydrogen-bond acceptors (Lipinski definition) is 4. The first-order chi connectivity index (χ1) is 16.4. The van der Waals surface area contributed by atoms with Crippen molar-refractivity contribution in [1.29, 1.82) is 0 Å². The van der Waals surface area contributed by atoms with Crippen LogP contribution in [-0.4, -0.2) is 36.2 Å². The molecule has 0 saturated carbocycles. The average molecular weight is 460 g/mol. The Balaban J connectivity index is 1.72. The van der Waals surface area contributed by atoms with Crippen molar-refractivity contribution >= 4 is 5.91 Å². The molecule has 1 heterocycles. The molecular formula is C28H33N3O3. The van der Waals surface area contributed by atoms with E-state index in [-0.39, 0.29) is 5.91 Å². The van der Waals surface area contributed by atoms with Crippen molar-refractivity contribution < 1.29 is 14.3 Å². The number of imidazole rings is 1. The maximum absolute atomic E-state index is 12.8. The number of nitrogens with one attached hydrogen (secondary N) is 1. The fraction of sp³-hybridized carbons (Fsp3) is 0.286. The Labute approximate surface area is 201 Å². The topological polar surface area (TPSA) is 65.4 Å². The molecular weight excluding hydrogens is 426 g/mol. The van der Waals surface area contributed by atoms with Gasteiger partial charge in [-0.05, 0) is 63.4 Å². The number of ether oxygens (including phenoxy) is 2. The summed E-state index contributed by atoms with van der Waals surface area (Å²) >= 11 is 0. The lowest BCUT2D eigenvalue weighted by atomic mass is 10.0. The number of carbonyl (C=O) groups is 1. The Morgan fingerprint density at radius 3 is 2.29 bits per heavy atom. The van der Waals surface area contributed by atoms with Gasteiger partial charge in [0.15, 0.2) is 0 Å². The van der Waals surface area contributed by atoms with E-state index in [4.69, 9.17) is 9.47 Å². The molecule has 0 aliphatic heterocycles. The molecule has 178 valence electrons. The van der Waals surface area contributed by atoms with Crippen LogP contribution in [0.4, 0.5) is 0 Å². The summed E-state index contributed by atoms with van der Waals surface area (Å²) in [6.45, 7) is 6.78. The SMILES string of the molecule is COc1cccc(OC)c1-c1ccc(-n2cncc2C(=O)NC/C=C(\C)CCC=C(C)C)cc1. The first-order valence-corrected chi connectivity index (χ1v) is 11.4. The van der Waals surface area contributed by atoms with Gasteiger partial charge in [-0.2, -0.15) is 0 Å². The second-order valence-electron chi connectivity index (χ2n) is 8.31. The van der Waals surface area contributed by atoms with E-state index in [0.29, 0.717) is 12.2 Å². The molecule has 0 bridgehead atoms. The van der Waals surface area contributed by atoms with Gasteiger partial charge in [0.1, 0.15) is 17.2 Å². The maximum atomic E-state index is 12.8. The van der Waals surface area contributed by atoms with Crippen molar-refractivity contribution in [3.8, 4) is 28.3 Å². The van der Waals surface area contributed by atoms with E-state index in [2.05, 4.69) is 43.2 Å². The van der Waals surface area contributed by atoms with E-state index in [1.54, 1.807) is 31.3 Å². The van der Waals surface area contributed by atoms with Gasteiger partial charge < -0.3 is 14.8 Å². The maximum Gasteiger partial charge on any atom is 0.270 e. The first-order valence-electron chi connectivity index (χ1n) is 11.4. The van der Waals surface area contributed by atoms with Crippen LogP contribution in [0, 0.1) is 0 Å². The summed E-state index contributed by atoms with van der Waals surface area (Å²) < 4.78 is 12.8. The van der Waals surface area contributed by atoms with E-state index in [9.17, 15) is 4.79 Å². The summed E-state index contributed by atoms with van der Waals surface area (Å²) in [5.41, 5.74) is 5.75. The quantitative estimate of drug-likeness (QED) is 0.379. The summed E-state index contributed by atoms with van der Waals surface area (Å²) in [6, 6.07) is 13.6. The van der Waals surface area contributed by atoms with Crippen molar-refractivity contribution in [3.63, 3.8) is 0 Å². The highest BCUT2D eigenvalue weighted by atomic mass is 16.5. The Bertz CT molecular complexity index is 1150. The largest absolute Gasteiger partial charge is 0.496 e. The highest BCUT2D eigenvalue weighted by molar-refractivity contribution is 5.93. The molecule has 2 aromatic carbocycles. The van der Waals surface area contributed by atoms with Crippen LogP contribution < -0.4 is 14.8 Å². The minimum atomic E-state index is -0.165. The number of methoxy groups -OCH3 is 2. The molecule has 0 radical (unpaired) electrons. The standard InChI is InChI=1S/C28H33N3O3/c1-20(2)8-6-9-21(3)16-17-30-28(32)24-18-29-19-31(24)23-14-12-22(13-15-23)27-25(33-4)10-7-11-26(27)34-5/h7-8,10-16,18-19H,6,9,17H2,1-5H3,(H,30,32)/b21-16+. The fourth-order valence-corrected chi connectivity index (χ4v) is 3.69. The van der Waals surface area contributed by atoms with Crippen molar-refractivity contribution in [1.82, 2.24) is 14.9 Å². The van der Waals surface area contributed by atoms with Crippen molar-refractivity contribution in [2.75, 3.05) is 20.8 Å². The van der Waals surface area contributed by atoms with E-state index < -0.39 is 0 Å². The molecule has 34 heavy (non-hydrogen) atoms. The number of amides is 1. The van der Waals surface area contributed by atoms with E-state index in [0.717, 1.165) is 41.2 Å². The summed E-state index contributed by atoms with van der Waals surface area (Å²) in [7, 11) is 3.28. The number of aromatic nitrogens is 2. The third-order valence-corrected chi connectivity index (χ3v) is 5.54. The molecule has 6 nitrogen and oxygen atoms in total. The van der Waals surface area contributed by atoms with Crippen molar-refractivity contribution in [2.24, 2.45) is 0 Å². The number of carbonyl (C=O) groups excluding carboxylic acids is 1. The Morgan fingerprint density at radius 1 is 1.00 bits per heavy atom. The smallest absolute Gasteiger partial charge is 0.270 e. The first kappa shape index (κ1) is 24.8. The van der Waals surface area contributed by atoms with Crippen molar-refractivity contribution in [2.45, 2.75) is 33.6 Å². The average Bonchev–Trinajstić information content (AvgIpc) is 3.33. The van der Waals surface area contributed by atoms with Gasteiger partial charge in [-0.25, -0.2) is 4.98 Å². The molecule has 1 aromatic heterocycles. The van der Waals surface area contributed by atoms with Gasteiger partial charge in [0.2, 0.25) is 0 Å². The minimum Gasteiger partial charge on any atom is -0.496 e. The molecule has 1 amide bonds. The third kappa shape index (κ3) is 6.16. The Kier molecular flexibility index (Phi) is 8.68. The zero-order valence-electron chi connectivity index (χ0n) is 20.6. The predicted octanol–water partition coefficient (Wildman–Crippen LogP) is 5.98. The number of nitrogens with zero attached hydrogens (tertiary/aromatic N) is 2. The molecule has 0 spiro atoms. The number of allylic oxidation sites excluding steroid dienone is 3. The second kappa shape index (κ2) is 11.9. The molecule has 0 saturated heterocycles. The molecule has 0 unspecified atom stereocenters. The van der Waals surface area contributed by atoms with Crippen LogP contribution in [0.25, 0.3) is 16.8 Å².